The number of aryl methyl sites for hydroxylation is 1. The van der Waals surface area contributed by atoms with Crippen molar-refractivity contribution < 1.29 is 13.9 Å². The van der Waals surface area contributed by atoms with Gasteiger partial charge in [0.25, 0.3) is 0 Å². The predicted octanol–water partition coefficient (Wildman–Crippen LogP) is 6.13. The van der Waals surface area contributed by atoms with Gasteiger partial charge in [-0.15, -0.1) is 6.58 Å². The Morgan fingerprint density at radius 2 is 1.70 bits per heavy atom. The van der Waals surface area contributed by atoms with Gasteiger partial charge in [-0.25, -0.2) is 0 Å². The average Bonchev–Trinajstić information content (AvgIpc) is 2.67. The van der Waals surface area contributed by atoms with Gasteiger partial charge in [-0.3, -0.25) is 4.79 Å². The lowest BCUT2D eigenvalue weighted by Crippen LogP contribution is -2.49. The molecule has 0 aliphatic carbocycles. The van der Waals surface area contributed by atoms with Crippen molar-refractivity contribution in [1.29, 1.82) is 0 Å². The van der Waals surface area contributed by atoms with E-state index >= 15 is 0 Å². The summed E-state index contributed by atoms with van der Waals surface area (Å²) in [7, 11) is -2.14. The van der Waals surface area contributed by atoms with Crippen LogP contribution in [0.5, 0.6) is 0 Å². The Labute approximate surface area is 184 Å². The van der Waals surface area contributed by atoms with Crippen LogP contribution < -0.4 is 5.43 Å². The van der Waals surface area contributed by atoms with E-state index < -0.39 is 14.4 Å². The smallest absolute Gasteiger partial charge is 0.192 e. The molecule has 5 heteroatoms. The quantitative estimate of drug-likeness (QED) is 0.373. The molecule has 0 fully saturated rings. The predicted molar refractivity (Wildman–Crippen MR) is 129 cm³/mol. The van der Waals surface area contributed by atoms with E-state index in [0.717, 1.165) is 5.76 Å². The first-order chi connectivity index (χ1) is 13.6. The third-order valence-electron chi connectivity index (χ3n) is 7.13. The summed E-state index contributed by atoms with van der Waals surface area (Å²) in [5, 5.41) is 11.0. The van der Waals surface area contributed by atoms with Crippen molar-refractivity contribution in [2.75, 3.05) is 0 Å². The molecule has 0 aliphatic rings. The van der Waals surface area contributed by atoms with Gasteiger partial charge in [0.05, 0.1) is 12.2 Å². The van der Waals surface area contributed by atoms with Gasteiger partial charge in [-0.2, -0.15) is 0 Å². The SMILES string of the molecule is C=C[C@H](C)[C@H](O)[C@@H](C)[C@H](O[Si](C)(C)C(C)(C)C)[C@H](C)c1oc(CC)c(C)c(=O)c1C. The van der Waals surface area contributed by atoms with Gasteiger partial charge in [-0.05, 0) is 32.0 Å². The zero-order valence-corrected chi connectivity index (χ0v) is 22.1. The summed E-state index contributed by atoms with van der Waals surface area (Å²) >= 11 is 0. The summed E-state index contributed by atoms with van der Waals surface area (Å²) in [6.45, 7) is 26.6. The molecule has 4 nitrogen and oxygen atoms in total. The molecule has 172 valence electrons. The van der Waals surface area contributed by atoms with Crippen LogP contribution in [0.4, 0.5) is 0 Å². The summed E-state index contributed by atoms with van der Waals surface area (Å²) in [5.41, 5.74) is 1.36. The first kappa shape index (κ1) is 26.9. The lowest BCUT2D eigenvalue weighted by atomic mass is 9.82. The Kier molecular flexibility index (Phi) is 8.92. The van der Waals surface area contributed by atoms with Crippen molar-refractivity contribution in [2.45, 2.75) is 105 Å². The van der Waals surface area contributed by atoms with Crippen LogP contribution in [0.3, 0.4) is 0 Å². The van der Waals surface area contributed by atoms with Crippen LogP contribution in [0.15, 0.2) is 21.9 Å². The summed E-state index contributed by atoms with van der Waals surface area (Å²) in [6, 6.07) is 0. The fourth-order valence-corrected chi connectivity index (χ4v) is 5.17. The maximum Gasteiger partial charge on any atom is 0.192 e. The normalized spacial score (nSPS) is 17.9. The Morgan fingerprint density at radius 3 is 2.13 bits per heavy atom. The van der Waals surface area contributed by atoms with Crippen LogP contribution in [0, 0.1) is 25.7 Å². The molecule has 0 aliphatic heterocycles. The number of rotatable bonds is 9. The minimum absolute atomic E-state index is 0.0252. The topological polar surface area (TPSA) is 59.7 Å². The second-order valence-corrected chi connectivity index (χ2v) is 15.2. The molecule has 5 atom stereocenters. The standard InChI is InChI=1S/C25H44O4Si/c1-13-15(3)21(26)17(5)24(29-30(11,12)25(8,9)10)19(7)23-18(6)22(27)16(4)20(14-2)28-23/h13,15,17,19,21,24,26H,1,14H2,2-12H3/t15-,17+,19+,21-,24-/m0/s1. The lowest BCUT2D eigenvalue weighted by molar-refractivity contribution is -0.00288. The van der Waals surface area contributed by atoms with Crippen LogP contribution in [0.25, 0.3) is 0 Å². The van der Waals surface area contributed by atoms with E-state index in [1.165, 1.54) is 0 Å². The Bertz CT molecular complexity index is 788. The van der Waals surface area contributed by atoms with Gasteiger partial charge in [-0.1, -0.05) is 54.5 Å². The molecule has 1 rings (SSSR count). The molecule has 0 unspecified atom stereocenters. The average molecular weight is 437 g/mol. The second kappa shape index (κ2) is 9.97. The monoisotopic (exact) mass is 436 g/mol. The molecule has 0 spiro atoms. The van der Waals surface area contributed by atoms with Crippen LogP contribution in [0.1, 0.15) is 77.0 Å². The maximum atomic E-state index is 12.8. The first-order valence-electron chi connectivity index (χ1n) is 11.2. The minimum Gasteiger partial charge on any atom is -0.465 e. The first-order valence-corrected chi connectivity index (χ1v) is 14.1. The van der Waals surface area contributed by atoms with Crippen molar-refractivity contribution >= 4 is 8.32 Å². The van der Waals surface area contributed by atoms with Crippen molar-refractivity contribution in [2.24, 2.45) is 11.8 Å². The highest BCUT2D eigenvalue weighted by Crippen LogP contribution is 2.42. The maximum absolute atomic E-state index is 12.8. The number of hydrogen-bond acceptors (Lipinski definition) is 4. The van der Waals surface area contributed by atoms with Crippen molar-refractivity contribution in [1.82, 2.24) is 0 Å². The van der Waals surface area contributed by atoms with Gasteiger partial charge in [0, 0.05) is 35.3 Å². The molecule has 1 aromatic heterocycles. The molecule has 0 amide bonds. The zero-order chi connectivity index (χ0) is 23.6. The van der Waals surface area contributed by atoms with Crippen LogP contribution in [-0.2, 0) is 10.8 Å². The Hall–Kier alpha value is -1.17. The number of aliphatic hydroxyl groups is 1. The van der Waals surface area contributed by atoms with Crippen LogP contribution >= 0.6 is 0 Å². The highest BCUT2D eigenvalue weighted by Gasteiger charge is 2.44. The Morgan fingerprint density at radius 1 is 1.17 bits per heavy atom. The van der Waals surface area contributed by atoms with Crippen LogP contribution in [0.2, 0.25) is 18.1 Å². The molecule has 0 radical (unpaired) electrons. The molecule has 1 N–H and O–H groups in total. The van der Waals surface area contributed by atoms with Gasteiger partial charge in [0.15, 0.2) is 13.7 Å². The molecule has 0 saturated heterocycles. The second-order valence-electron chi connectivity index (χ2n) is 10.4. The van der Waals surface area contributed by atoms with E-state index in [2.05, 4.69) is 47.4 Å². The summed E-state index contributed by atoms with van der Waals surface area (Å²) in [6.07, 6.45) is 1.57. The van der Waals surface area contributed by atoms with E-state index in [1.807, 2.05) is 34.6 Å². The minimum atomic E-state index is -2.14. The van der Waals surface area contributed by atoms with Gasteiger partial charge >= 0.3 is 0 Å². The summed E-state index contributed by atoms with van der Waals surface area (Å²) < 4.78 is 13.1. The van der Waals surface area contributed by atoms with Crippen molar-refractivity contribution in [3.05, 3.63) is 45.5 Å². The summed E-state index contributed by atoms with van der Waals surface area (Å²) in [5.74, 6) is 1.02. The molecular weight excluding hydrogens is 392 g/mol. The van der Waals surface area contributed by atoms with Crippen molar-refractivity contribution in [3.63, 3.8) is 0 Å². The highest BCUT2D eigenvalue weighted by molar-refractivity contribution is 6.74. The fourth-order valence-electron chi connectivity index (χ4n) is 3.72. The molecule has 1 heterocycles. The molecule has 0 bridgehead atoms. The Balaban J connectivity index is 3.56. The van der Waals surface area contributed by atoms with E-state index in [4.69, 9.17) is 8.84 Å². The largest absolute Gasteiger partial charge is 0.465 e. The molecule has 0 aromatic carbocycles. The third-order valence-corrected chi connectivity index (χ3v) is 11.6. The van der Waals surface area contributed by atoms with E-state index in [-0.39, 0.29) is 34.3 Å². The van der Waals surface area contributed by atoms with Gasteiger partial charge < -0.3 is 13.9 Å². The van der Waals surface area contributed by atoms with E-state index in [0.29, 0.717) is 23.3 Å². The van der Waals surface area contributed by atoms with Gasteiger partial charge in [0.1, 0.15) is 11.5 Å². The molecule has 1 aromatic rings. The van der Waals surface area contributed by atoms with E-state index in [9.17, 15) is 9.90 Å². The van der Waals surface area contributed by atoms with Crippen LogP contribution in [-0.4, -0.2) is 25.6 Å². The van der Waals surface area contributed by atoms with E-state index in [1.54, 1.807) is 6.08 Å². The molecule has 0 saturated carbocycles. The number of aliphatic hydroxyl groups excluding tert-OH is 1. The molecule has 30 heavy (non-hydrogen) atoms. The zero-order valence-electron chi connectivity index (χ0n) is 21.1. The number of hydrogen-bond donors (Lipinski definition) is 1. The molecular formula is C25H44O4Si. The lowest BCUT2D eigenvalue weighted by Gasteiger charge is -2.44. The van der Waals surface area contributed by atoms with Crippen molar-refractivity contribution in [3.8, 4) is 0 Å². The third kappa shape index (κ3) is 5.54. The van der Waals surface area contributed by atoms with Gasteiger partial charge in [0.2, 0.25) is 0 Å². The fraction of sp³-hybridized carbons (Fsp3) is 0.720. The highest BCUT2D eigenvalue weighted by atomic mass is 28.4. The summed E-state index contributed by atoms with van der Waals surface area (Å²) in [4.78, 5) is 12.8.